The molecule has 1 fully saturated rings. The van der Waals surface area contributed by atoms with Crippen LogP contribution in [-0.2, 0) is 11.3 Å². The fourth-order valence-electron chi connectivity index (χ4n) is 2.29. The molecule has 0 aromatic heterocycles. The molecule has 1 N–H and O–H groups in total. The normalized spacial score (nSPS) is 14.1. The number of likely N-dealkylation sites (tertiary alicyclic amines) is 1. The maximum atomic E-state index is 11.9. The molecule has 1 saturated heterocycles. The molecule has 106 valence electrons. The number of ether oxygens (including phenoxy) is 1. The lowest BCUT2D eigenvalue weighted by Crippen LogP contribution is -2.36. The fourth-order valence-corrected chi connectivity index (χ4v) is 2.29. The second kappa shape index (κ2) is 7.56. The average Bonchev–Trinajstić information content (AvgIpc) is 3.00. The summed E-state index contributed by atoms with van der Waals surface area (Å²) >= 11 is 0. The Hall–Kier alpha value is -1.99. The summed E-state index contributed by atoms with van der Waals surface area (Å²) in [6.45, 7) is 3.00. The van der Waals surface area contributed by atoms with E-state index in [2.05, 4.69) is 11.2 Å². The molecular weight excluding hydrogens is 252 g/mol. The monoisotopic (exact) mass is 272 g/mol. The molecule has 1 aromatic carbocycles. The van der Waals surface area contributed by atoms with Gasteiger partial charge >= 0.3 is 0 Å². The van der Waals surface area contributed by atoms with Gasteiger partial charge in [-0.1, -0.05) is 24.1 Å². The second-order valence-corrected chi connectivity index (χ2v) is 4.79. The highest BCUT2D eigenvalue weighted by Crippen LogP contribution is 2.17. The van der Waals surface area contributed by atoms with Crippen LogP contribution in [0.2, 0.25) is 0 Å². The minimum Gasteiger partial charge on any atom is -0.481 e. The number of para-hydroxylation sites is 1. The Morgan fingerprint density at radius 1 is 1.35 bits per heavy atom. The maximum absolute atomic E-state index is 11.9. The zero-order valence-electron chi connectivity index (χ0n) is 11.6. The maximum Gasteiger partial charge on any atom is 0.236 e. The Morgan fingerprint density at radius 3 is 2.85 bits per heavy atom. The molecule has 0 aliphatic carbocycles. The van der Waals surface area contributed by atoms with Crippen LogP contribution in [0.15, 0.2) is 24.3 Å². The molecule has 2 rings (SSSR count). The Kier molecular flexibility index (Phi) is 5.45. The largest absolute Gasteiger partial charge is 0.481 e. The lowest BCUT2D eigenvalue weighted by Gasteiger charge is -2.16. The molecular formula is C16H20N2O2. The summed E-state index contributed by atoms with van der Waals surface area (Å²) in [6.07, 6.45) is 7.43. The molecule has 1 aromatic rings. The van der Waals surface area contributed by atoms with E-state index in [-0.39, 0.29) is 12.5 Å². The van der Waals surface area contributed by atoms with Gasteiger partial charge in [0.25, 0.3) is 0 Å². The van der Waals surface area contributed by atoms with Crippen molar-refractivity contribution in [2.24, 2.45) is 0 Å². The lowest BCUT2D eigenvalue weighted by atomic mass is 10.2. The molecule has 4 heteroatoms. The van der Waals surface area contributed by atoms with E-state index in [9.17, 15) is 4.79 Å². The lowest BCUT2D eigenvalue weighted by molar-refractivity contribution is -0.129. The number of rotatable bonds is 6. The summed E-state index contributed by atoms with van der Waals surface area (Å²) in [6, 6.07) is 7.71. The van der Waals surface area contributed by atoms with Crippen LogP contribution in [0.25, 0.3) is 0 Å². The first kappa shape index (κ1) is 14.4. The van der Waals surface area contributed by atoms with Crippen LogP contribution in [0, 0.1) is 12.3 Å². The number of carbonyl (C=O) groups is 1. The molecule has 1 aliphatic rings. The molecule has 0 bridgehead atoms. The average molecular weight is 272 g/mol. The molecule has 1 aliphatic heterocycles. The molecule has 20 heavy (non-hydrogen) atoms. The van der Waals surface area contributed by atoms with Gasteiger partial charge in [0.05, 0.1) is 6.54 Å². The van der Waals surface area contributed by atoms with Crippen LogP contribution in [0.3, 0.4) is 0 Å². The van der Waals surface area contributed by atoms with E-state index in [0.717, 1.165) is 37.2 Å². The number of nitrogens with one attached hydrogen (secondary N) is 1. The van der Waals surface area contributed by atoms with Crippen molar-refractivity contribution >= 4 is 5.91 Å². The summed E-state index contributed by atoms with van der Waals surface area (Å²) in [5.41, 5.74) is 1.01. The summed E-state index contributed by atoms with van der Waals surface area (Å²) in [7, 11) is 0. The zero-order valence-corrected chi connectivity index (χ0v) is 11.6. The topological polar surface area (TPSA) is 41.6 Å². The number of hydrogen-bond donors (Lipinski definition) is 1. The van der Waals surface area contributed by atoms with Crippen molar-refractivity contribution in [3.63, 3.8) is 0 Å². The summed E-state index contributed by atoms with van der Waals surface area (Å²) < 4.78 is 5.47. The minimum absolute atomic E-state index is 0.171. The third-order valence-corrected chi connectivity index (χ3v) is 3.33. The highest BCUT2D eigenvalue weighted by molar-refractivity contribution is 5.78. The van der Waals surface area contributed by atoms with E-state index >= 15 is 0 Å². The standard InChI is InChI=1S/C16H20N2O2/c1-2-11-20-15-8-4-3-7-14(15)12-17-13-16(19)18-9-5-6-10-18/h1,3-4,7-8,17H,5-6,9-13H2. The van der Waals surface area contributed by atoms with Gasteiger partial charge in [0, 0.05) is 25.2 Å². The number of nitrogens with zero attached hydrogens (tertiary/aromatic N) is 1. The first-order chi connectivity index (χ1) is 9.81. The number of terminal acetylenes is 1. The van der Waals surface area contributed by atoms with Crippen molar-refractivity contribution in [3.8, 4) is 18.1 Å². The van der Waals surface area contributed by atoms with Crippen molar-refractivity contribution in [3.05, 3.63) is 29.8 Å². The highest BCUT2D eigenvalue weighted by Gasteiger charge is 2.17. The van der Waals surface area contributed by atoms with Crippen LogP contribution in [0.4, 0.5) is 0 Å². The first-order valence-corrected chi connectivity index (χ1v) is 6.94. The molecule has 4 nitrogen and oxygen atoms in total. The van der Waals surface area contributed by atoms with Crippen LogP contribution in [0.5, 0.6) is 5.75 Å². The van der Waals surface area contributed by atoms with Gasteiger partial charge in [0.2, 0.25) is 5.91 Å². The van der Waals surface area contributed by atoms with E-state index in [1.807, 2.05) is 29.2 Å². The predicted octanol–water partition coefficient (Wildman–Crippen LogP) is 1.41. The second-order valence-electron chi connectivity index (χ2n) is 4.79. The van der Waals surface area contributed by atoms with Crippen LogP contribution >= 0.6 is 0 Å². The predicted molar refractivity (Wildman–Crippen MR) is 78.3 cm³/mol. The summed E-state index contributed by atoms with van der Waals surface area (Å²) in [5, 5.41) is 3.17. The molecule has 0 radical (unpaired) electrons. The van der Waals surface area contributed by atoms with Gasteiger partial charge in [0.1, 0.15) is 12.4 Å². The third kappa shape index (κ3) is 4.01. The Bertz CT molecular complexity index is 487. The molecule has 0 unspecified atom stereocenters. The Morgan fingerprint density at radius 2 is 2.10 bits per heavy atom. The Labute approximate surface area is 120 Å². The van der Waals surface area contributed by atoms with E-state index in [0.29, 0.717) is 13.1 Å². The van der Waals surface area contributed by atoms with Gasteiger partial charge in [-0.15, -0.1) is 6.42 Å². The fraction of sp³-hybridized carbons (Fsp3) is 0.438. The number of carbonyl (C=O) groups excluding carboxylic acids is 1. The first-order valence-electron chi connectivity index (χ1n) is 6.94. The van der Waals surface area contributed by atoms with E-state index in [4.69, 9.17) is 11.2 Å². The Balaban J connectivity index is 1.81. The zero-order chi connectivity index (χ0) is 14.2. The summed E-state index contributed by atoms with van der Waals surface area (Å²) in [4.78, 5) is 13.8. The molecule has 0 saturated carbocycles. The summed E-state index contributed by atoms with van der Waals surface area (Å²) in [5.74, 6) is 3.39. The molecule has 0 spiro atoms. The SMILES string of the molecule is C#CCOc1ccccc1CNCC(=O)N1CCCC1. The smallest absolute Gasteiger partial charge is 0.236 e. The van der Waals surface area contributed by atoms with Gasteiger partial charge in [-0.2, -0.15) is 0 Å². The van der Waals surface area contributed by atoms with Crippen molar-refractivity contribution < 1.29 is 9.53 Å². The minimum atomic E-state index is 0.171. The van der Waals surface area contributed by atoms with Gasteiger partial charge < -0.3 is 15.0 Å². The van der Waals surface area contributed by atoms with Gasteiger partial charge in [-0.05, 0) is 18.9 Å². The van der Waals surface area contributed by atoms with Crippen LogP contribution in [0.1, 0.15) is 18.4 Å². The van der Waals surface area contributed by atoms with Crippen LogP contribution < -0.4 is 10.1 Å². The van der Waals surface area contributed by atoms with E-state index in [1.54, 1.807) is 0 Å². The molecule has 1 amide bonds. The van der Waals surface area contributed by atoms with Gasteiger partial charge in [0.15, 0.2) is 0 Å². The van der Waals surface area contributed by atoms with Crippen LogP contribution in [-0.4, -0.2) is 37.0 Å². The van der Waals surface area contributed by atoms with Crippen molar-refractivity contribution in [1.82, 2.24) is 10.2 Å². The molecule has 1 heterocycles. The van der Waals surface area contributed by atoms with Crippen molar-refractivity contribution in [2.75, 3.05) is 26.2 Å². The van der Waals surface area contributed by atoms with Crippen molar-refractivity contribution in [1.29, 1.82) is 0 Å². The number of hydrogen-bond acceptors (Lipinski definition) is 3. The van der Waals surface area contributed by atoms with Crippen molar-refractivity contribution in [2.45, 2.75) is 19.4 Å². The third-order valence-electron chi connectivity index (χ3n) is 3.33. The van der Waals surface area contributed by atoms with E-state index in [1.165, 1.54) is 0 Å². The van der Waals surface area contributed by atoms with E-state index < -0.39 is 0 Å². The number of benzene rings is 1. The number of amides is 1. The highest BCUT2D eigenvalue weighted by atomic mass is 16.5. The van der Waals surface area contributed by atoms with Gasteiger partial charge in [-0.25, -0.2) is 0 Å². The van der Waals surface area contributed by atoms with Gasteiger partial charge in [-0.3, -0.25) is 4.79 Å². The quantitative estimate of drug-likeness (QED) is 0.796. The molecule has 0 atom stereocenters.